The second kappa shape index (κ2) is 6.89. The monoisotopic (exact) mass is 271 g/mol. The average Bonchev–Trinajstić information content (AvgIpc) is 2.38. The van der Waals surface area contributed by atoms with Crippen molar-refractivity contribution in [2.75, 3.05) is 26.8 Å². The van der Waals surface area contributed by atoms with E-state index in [0.29, 0.717) is 13.2 Å². The van der Waals surface area contributed by atoms with Gasteiger partial charge in [-0.3, -0.25) is 14.5 Å². The Morgan fingerprint density at radius 3 is 2.58 bits per heavy atom. The van der Waals surface area contributed by atoms with E-state index in [-0.39, 0.29) is 18.0 Å². The van der Waals surface area contributed by atoms with Crippen LogP contribution >= 0.6 is 0 Å². The number of piperidine rings is 1. The van der Waals surface area contributed by atoms with E-state index in [1.807, 2.05) is 20.8 Å². The van der Waals surface area contributed by atoms with Crippen LogP contribution in [0.15, 0.2) is 0 Å². The predicted molar refractivity (Wildman–Crippen MR) is 71.6 cm³/mol. The van der Waals surface area contributed by atoms with E-state index >= 15 is 0 Å². The molecule has 0 aromatic heterocycles. The minimum Gasteiger partial charge on any atom is -0.469 e. The zero-order valence-corrected chi connectivity index (χ0v) is 12.4. The zero-order chi connectivity index (χ0) is 14.5. The molecular formula is C14H25NO4. The molecule has 1 aliphatic rings. The highest BCUT2D eigenvalue weighted by molar-refractivity contribution is 5.77. The van der Waals surface area contributed by atoms with E-state index in [9.17, 15) is 9.59 Å². The highest BCUT2D eigenvalue weighted by atomic mass is 16.5. The lowest BCUT2D eigenvalue weighted by molar-refractivity contribution is -0.157. The first-order chi connectivity index (χ1) is 8.92. The quantitative estimate of drug-likeness (QED) is 0.711. The van der Waals surface area contributed by atoms with Crippen molar-refractivity contribution >= 4 is 11.9 Å². The minimum atomic E-state index is -0.614. The Balaban J connectivity index is 2.72. The summed E-state index contributed by atoms with van der Waals surface area (Å²) >= 11 is 0. The summed E-state index contributed by atoms with van der Waals surface area (Å²) in [5, 5.41) is 0. The number of likely N-dealkylation sites (tertiary alicyclic amines) is 1. The summed E-state index contributed by atoms with van der Waals surface area (Å²) < 4.78 is 9.93. The average molecular weight is 271 g/mol. The molecule has 0 bridgehead atoms. The van der Waals surface area contributed by atoms with Gasteiger partial charge in [-0.1, -0.05) is 6.42 Å². The summed E-state index contributed by atoms with van der Waals surface area (Å²) in [5.41, 5.74) is -0.614. The first-order valence-corrected chi connectivity index (χ1v) is 6.91. The Labute approximate surface area is 115 Å². The number of hydrogen-bond donors (Lipinski definition) is 0. The molecule has 5 nitrogen and oxygen atoms in total. The fourth-order valence-electron chi connectivity index (χ4n) is 2.53. The topological polar surface area (TPSA) is 55.8 Å². The van der Waals surface area contributed by atoms with Gasteiger partial charge < -0.3 is 9.47 Å². The molecule has 0 spiro atoms. The third-order valence-corrected chi connectivity index (χ3v) is 3.51. The van der Waals surface area contributed by atoms with Gasteiger partial charge in [-0.25, -0.2) is 0 Å². The van der Waals surface area contributed by atoms with Crippen LogP contribution in [0.4, 0.5) is 0 Å². The van der Waals surface area contributed by atoms with Crippen LogP contribution in [0.3, 0.4) is 0 Å². The third-order valence-electron chi connectivity index (χ3n) is 3.51. The molecule has 0 amide bonds. The van der Waals surface area contributed by atoms with E-state index in [1.165, 1.54) is 7.11 Å². The number of esters is 2. The van der Waals surface area contributed by atoms with Crippen LogP contribution in [0, 0.1) is 5.41 Å². The van der Waals surface area contributed by atoms with Crippen molar-refractivity contribution in [3.8, 4) is 0 Å². The lowest BCUT2D eigenvalue weighted by Gasteiger charge is -2.38. The number of carbonyl (C=O) groups is 2. The summed E-state index contributed by atoms with van der Waals surface area (Å²) in [6.45, 7) is 7.23. The van der Waals surface area contributed by atoms with E-state index < -0.39 is 5.41 Å². The van der Waals surface area contributed by atoms with Gasteiger partial charge in [0.1, 0.15) is 6.04 Å². The molecule has 1 saturated heterocycles. The Morgan fingerprint density at radius 1 is 1.32 bits per heavy atom. The van der Waals surface area contributed by atoms with Crippen molar-refractivity contribution in [3.05, 3.63) is 0 Å². The first kappa shape index (κ1) is 16.0. The molecule has 0 radical (unpaired) electrons. The lowest BCUT2D eigenvalue weighted by Crippen LogP contribution is -2.50. The fraction of sp³-hybridized carbons (Fsp3) is 0.857. The second-order valence-corrected chi connectivity index (χ2v) is 5.61. The van der Waals surface area contributed by atoms with Crippen LogP contribution in [0.5, 0.6) is 0 Å². The molecular weight excluding hydrogens is 246 g/mol. The molecule has 1 fully saturated rings. The van der Waals surface area contributed by atoms with Crippen LogP contribution in [-0.4, -0.2) is 49.7 Å². The number of carbonyl (C=O) groups excluding carboxylic acids is 2. The molecule has 0 saturated carbocycles. The first-order valence-electron chi connectivity index (χ1n) is 6.91. The highest BCUT2D eigenvalue weighted by Gasteiger charge is 2.37. The summed E-state index contributed by atoms with van der Waals surface area (Å²) in [6.07, 6.45) is 2.88. The van der Waals surface area contributed by atoms with Gasteiger partial charge >= 0.3 is 11.9 Å². The molecule has 1 aliphatic heterocycles. The summed E-state index contributed by atoms with van der Waals surface area (Å²) in [4.78, 5) is 25.8. The van der Waals surface area contributed by atoms with E-state index in [2.05, 4.69) is 4.90 Å². The molecule has 0 N–H and O–H groups in total. The Morgan fingerprint density at radius 2 is 2.00 bits per heavy atom. The number of rotatable bonds is 5. The van der Waals surface area contributed by atoms with E-state index in [0.717, 1.165) is 25.8 Å². The third kappa shape index (κ3) is 4.20. The predicted octanol–water partition coefficient (Wildman–Crippen LogP) is 1.60. The number of ether oxygens (including phenoxy) is 2. The number of nitrogens with zero attached hydrogens (tertiary/aromatic N) is 1. The van der Waals surface area contributed by atoms with Crippen molar-refractivity contribution < 1.29 is 19.1 Å². The van der Waals surface area contributed by atoms with Crippen LogP contribution in [0.2, 0.25) is 0 Å². The van der Waals surface area contributed by atoms with Crippen LogP contribution in [0.1, 0.15) is 40.0 Å². The van der Waals surface area contributed by atoms with Gasteiger partial charge in [0.2, 0.25) is 0 Å². The molecule has 110 valence electrons. The fourth-order valence-corrected chi connectivity index (χ4v) is 2.53. The molecule has 1 rings (SSSR count). The normalized spacial score (nSPS) is 20.9. The van der Waals surface area contributed by atoms with Gasteiger partial charge in [-0.2, -0.15) is 0 Å². The molecule has 1 atom stereocenters. The number of hydrogen-bond acceptors (Lipinski definition) is 5. The Bertz CT molecular complexity index is 327. The largest absolute Gasteiger partial charge is 0.469 e. The van der Waals surface area contributed by atoms with Gasteiger partial charge in [0, 0.05) is 6.54 Å². The number of methoxy groups -OCH3 is 1. The molecule has 1 unspecified atom stereocenters. The Hall–Kier alpha value is -1.10. The molecule has 0 aliphatic carbocycles. The van der Waals surface area contributed by atoms with Crippen LogP contribution in [-0.2, 0) is 19.1 Å². The molecule has 1 heterocycles. The Kier molecular flexibility index (Phi) is 5.79. The molecule has 19 heavy (non-hydrogen) atoms. The van der Waals surface area contributed by atoms with Crippen molar-refractivity contribution in [2.45, 2.75) is 46.1 Å². The summed E-state index contributed by atoms with van der Waals surface area (Å²) in [6, 6.07) is -0.224. The van der Waals surface area contributed by atoms with Crippen LogP contribution in [0.25, 0.3) is 0 Å². The summed E-state index contributed by atoms with van der Waals surface area (Å²) in [7, 11) is 1.39. The van der Waals surface area contributed by atoms with Gasteiger partial charge in [0.05, 0.1) is 19.1 Å². The van der Waals surface area contributed by atoms with Gasteiger partial charge in [0.15, 0.2) is 0 Å². The minimum absolute atomic E-state index is 0.178. The second-order valence-electron chi connectivity index (χ2n) is 5.61. The van der Waals surface area contributed by atoms with Gasteiger partial charge in [0.25, 0.3) is 0 Å². The van der Waals surface area contributed by atoms with Crippen molar-refractivity contribution in [2.24, 2.45) is 5.41 Å². The maximum Gasteiger partial charge on any atom is 0.323 e. The van der Waals surface area contributed by atoms with Gasteiger partial charge in [-0.05, 0) is 40.2 Å². The zero-order valence-electron chi connectivity index (χ0n) is 12.4. The molecule has 0 aromatic carbocycles. The highest BCUT2D eigenvalue weighted by Crippen LogP contribution is 2.25. The smallest absolute Gasteiger partial charge is 0.323 e. The SMILES string of the molecule is CCOC(=O)C1CCCCN1CC(C)(C)C(=O)OC. The maximum absolute atomic E-state index is 12.0. The van der Waals surface area contributed by atoms with Crippen molar-refractivity contribution in [3.63, 3.8) is 0 Å². The van der Waals surface area contributed by atoms with Crippen LogP contribution < -0.4 is 0 Å². The van der Waals surface area contributed by atoms with Crippen molar-refractivity contribution in [1.82, 2.24) is 4.90 Å². The van der Waals surface area contributed by atoms with Gasteiger partial charge in [-0.15, -0.1) is 0 Å². The standard InChI is InChI=1S/C14H25NO4/c1-5-19-12(16)11-8-6-7-9-15(11)10-14(2,3)13(17)18-4/h11H,5-10H2,1-4H3. The molecule has 5 heteroatoms. The van der Waals surface area contributed by atoms with E-state index in [1.54, 1.807) is 0 Å². The van der Waals surface area contributed by atoms with E-state index in [4.69, 9.17) is 9.47 Å². The van der Waals surface area contributed by atoms with Crippen molar-refractivity contribution in [1.29, 1.82) is 0 Å². The molecule has 0 aromatic rings. The lowest BCUT2D eigenvalue weighted by atomic mass is 9.90. The summed E-state index contributed by atoms with van der Waals surface area (Å²) in [5.74, 6) is -0.427. The maximum atomic E-state index is 12.0.